The molecule has 0 amide bonds. The molecule has 158 valence electrons. The third-order valence-electron chi connectivity index (χ3n) is 4.15. The van der Waals surface area contributed by atoms with Gasteiger partial charge in [0.25, 0.3) is 0 Å². The third kappa shape index (κ3) is 8.35. The number of hydrogen-bond acceptors (Lipinski definition) is 4. The van der Waals surface area contributed by atoms with Gasteiger partial charge in [0.2, 0.25) is 0 Å². The fourth-order valence-corrected chi connectivity index (χ4v) is 2.67. The summed E-state index contributed by atoms with van der Waals surface area (Å²) >= 11 is 0. The van der Waals surface area contributed by atoms with Crippen LogP contribution in [-0.2, 0) is 15.7 Å². The van der Waals surface area contributed by atoms with Crippen LogP contribution >= 0.6 is 0 Å². The van der Waals surface area contributed by atoms with E-state index < -0.39 is 11.7 Å². The maximum atomic E-state index is 12.5. The summed E-state index contributed by atoms with van der Waals surface area (Å²) in [5.74, 6) is 1.02. The van der Waals surface area contributed by atoms with Crippen LogP contribution in [0.15, 0.2) is 29.3 Å². The van der Waals surface area contributed by atoms with Gasteiger partial charge in [-0.05, 0) is 43.5 Å². The molecule has 1 aromatic carbocycles. The normalized spacial score (nSPS) is 17.6. The Hall–Kier alpha value is -2.00. The predicted molar refractivity (Wildman–Crippen MR) is 101 cm³/mol. The molecule has 0 bridgehead atoms. The zero-order valence-corrected chi connectivity index (χ0v) is 16.1. The van der Waals surface area contributed by atoms with Crippen molar-refractivity contribution < 1.29 is 27.4 Å². The second-order valence-electron chi connectivity index (χ2n) is 6.36. The highest BCUT2D eigenvalue weighted by Gasteiger charge is 2.29. The Kier molecular flexibility index (Phi) is 9.36. The Balaban J connectivity index is 1.52. The molecular formula is C19H28F3N3O3. The molecule has 2 N–H and O–H groups in total. The molecule has 0 saturated carbocycles. The fraction of sp³-hybridized carbons (Fsp3) is 0.632. The van der Waals surface area contributed by atoms with Crippen LogP contribution in [0.1, 0.15) is 24.8 Å². The quantitative estimate of drug-likeness (QED) is 0.357. The molecule has 1 aromatic rings. The van der Waals surface area contributed by atoms with E-state index in [1.807, 2.05) is 0 Å². The molecule has 9 heteroatoms. The van der Waals surface area contributed by atoms with Crippen molar-refractivity contribution in [1.29, 1.82) is 0 Å². The molecular weight excluding hydrogens is 375 g/mol. The summed E-state index contributed by atoms with van der Waals surface area (Å²) in [6.07, 6.45) is -1.07. The molecule has 1 saturated heterocycles. The van der Waals surface area contributed by atoms with Gasteiger partial charge in [-0.15, -0.1) is 0 Å². The van der Waals surface area contributed by atoms with E-state index in [1.165, 1.54) is 12.1 Å². The van der Waals surface area contributed by atoms with Crippen LogP contribution < -0.4 is 15.4 Å². The molecule has 0 aromatic heterocycles. The topological polar surface area (TPSA) is 64.1 Å². The molecule has 6 nitrogen and oxygen atoms in total. The van der Waals surface area contributed by atoms with Crippen LogP contribution in [0.2, 0.25) is 0 Å². The van der Waals surface area contributed by atoms with Gasteiger partial charge in [0.15, 0.2) is 5.96 Å². The van der Waals surface area contributed by atoms with Gasteiger partial charge < -0.3 is 24.8 Å². The van der Waals surface area contributed by atoms with E-state index in [2.05, 4.69) is 15.6 Å². The molecule has 2 rings (SSSR count). The number of nitrogens with zero attached hydrogens (tertiary/aromatic N) is 1. The van der Waals surface area contributed by atoms with Crippen molar-refractivity contribution in [3.8, 4) is 5.75 Å². The largest absolute Gasteiger partial charge is 0.492 e. The number of benzene rings is 1. The summed E-state index contributed by atoms with van der Waals surface area (Å²) in [6, 6.07) is 4.63. The van der Waals surface area contributed by atoms with Crippen molar-refractivity contribution in [2.45, 2.75) is 31.5 Å². The van der Waals surface area contributed by atoms with Crippen LogP contribution in [0.25, 0.3) is 0 Å². The monoisotopic (exact) mass is 403 g/mol. The summed E-state index contributed by atoms with van der Waals surface area (Å²) in [5, 5.41) is 6.25. The van der Waals surface area contributed by atoms with Gasteiger partial charge >= 0.3 is 6.18 Å². The Labute approximate surface area is 163 Å². The number of ether oxygens (including phenoxy) is 3. The maximum absolute atomic E-state index is 12.5. The van der Waals surface area contributed by atoms with Crippen molar-refractivity contribution >= 4 is 5.96 Å². The van der Waals surface area contributed by atoms with E-state index in [0.717, 1.165) is 38.0 Å². The van der Waals surface area contributed by atoms with Crippen LogP contribution in [0.3, 0.4) is 0 Å². The molecule has 1 fully saturated rings. The lowest BCUT2D eigenvalue weighted by Crippen LogP contribution is -2.40. The van der Waals surface area contributed by atoms with Gasteiger partial charge in [-0.25, -0.2) is 0 Å². The lowest BCUT2D eigenvalue weighted by atomic mass is 10.2. The van der Waals surface area contributed by atoms with Gasteiger partial charge in [0.1, 0.15) is 12.4 Å². The zero-order valence-electron chi connectivity index (χ0n) is 16.1. The minimum absolute atomic E-state index is 0.243. The third-order valence-corrected chi connectivity index (χ3v) is 4.15. The predicted octanol–water partition coefficient (Wildman–Crippen LogP) is 2.83. The van der Waals surface area contributed by atoms with Crippen molar-refractivity contribution in [2.24, 2.45) is 4.99 Å². The molecule has 1 heterocycles. The van der Waals surface area contributed by atoms with E-state index in [0.29, 0.717) is 44.6 Å². The van der Waals surface area contributed by atoms with Gasteiger partial charge in [-0.2, -0.15) is 13.2 Å². The molecule has 1 aliphatic rings. The van der Waals surface area contributed by atoms with Crippen LogP contribution in [0, 0.1) is 0 Å². The molecule has 1 aliphatic heterocycles. The van der Waals surface area contributed by atoms with Crippen molar-refractivity contribution in [1.82, 2.24) is 10.6 Å². The van der Waals surface area contributed by atoms with Crippen molar-refractivity contribution in [3.05, 3.63) is 29.8 Å². The number of nitrogens with one attached hydrogen (secondary N) is 2. The summed E-state index contributed by atoms with van der Waals surface area (Å²) in [7, 11) is 1.67. The van der Waals surface area contributed by atoms with E-state index >= 15 is 0 Å². The lowest BCUT2D eigenvalue weighted by Gasteiger charge is -2.13. The van der Waals surface area contributed by atoms with Gasteiger partial charge in [0, 0.05) is 26.8 Å². The molecule has 0 spiro atoms. The molecule has 1 unspecified atom stereocenters. The minimum atomic E-state index is -4.34. The SMILES string of the molecule is CN=C(NCCCOCC1CCCO1)NCCOc1ccc(C(F)(F)F)cc1. The Bertz CT molecular complexity index is 588. The minimum Gasteiger partial charge on any atom is -0.492 e. The van der Waals surface area contributed by atoms with Crippen LogP contribution in [0.5, 0.6) is 5.75 Å². The smallest absolute Gasteiger partial charge is 0.416 e. The summed E-state index contributed by atoms with van der Waals surface area (Å²) < 4.78 is 54.0. The van der Waals surface area contributed by atoms with Gasteiger partial charge in [0.05, 0.1) is 24.8 Å². The highest BCUT2D eigenvalue weighted by Crippen LogP contribution is 2.30. The first-order valence-corrected chi connectivity index (χ1v) is 9.43. The summed E-state index contributed by atoms with van der Waals surface area (Å²) in [4.78, 5) is 4.11. The Morgan fingerprint density at radius 2 is 1.93 bits per heavy atom. The first-order chi connectivity index (χ1) is 13.5. The fourth-order valence-electron chi connectivity index (χ4n) is 2.67. The number of alkyl halides is 3. The average Bonchev–Trinajstić information content (AvgIpc) is 3.19. The maximum Gasteiger partial charge on any atom is 0.416 e. The number of halogens is 3. The number of aliphatic imine (C=N–C) groups is 1. The van der Waals surface area contributed by atoms with E-state index in [9.17, 15) is 13.2 Å². The number of rotatable bonds is 10. The average molecular weight is 403 g/mol. The Morgan fingerprint density at radius 1 is 1.18 bits per heavy atom. The Morgan fingerprint density at radius 3 is 2.57 bits per heavy atom. The van der Waals surface area contributed by atoms with Gasteiger partial charge in [-0.1, -0.05) is 0 Å². The lowest BCUT2D eigenvalue weighted by molar-refractivity contribution is -0.137. The number of hydrogen-bond donors (Lipinski definition) is 2. The van der Waals surface area contributed by atoms with Crippen LogP contribution in [-0.4, -0.2) is 58.6 Å². The van der Waals surface area contributed by atoms with E-state index in [4.69, 9.17) is 14.2 Å². The second-order valence-corrected chi connectivity index (χ2v) is 6.36. The van der Waals surface area contributed by atoms with E-state index in [1.54, 1.807) is 7.05 Å². The van der Waals surface area contributed by atoms with Crippen LogP contribution in [0.4, 0.5) is 13.2 Å². The molecule has 0 aliphatic carbocycles. The molecule has 1 atom stereocenters. The molecule has 0 radical (unpaired) electrons. The number of guanidine groups is 1. The summed E-state index contributed by atoms with van der Waals surface area (Å²) in [5.41, 5.74) is -0.692. The van der Waals surface area contributed by atoms with E-state index in [-0.39, 0.29) is 6.10 Å². The standard InChI is InChI=1S/C19H28F3N3O3/c1-23-18(24-9-3-11-26-14-17-4-2-12-27-17)25-10-13-28-16-7-5-15(6-8-16)19(20,21)22/h5-8,17H,2-4,9-14H2,1H3,(H2,23,24,25). The first kappa shape index (κ1) is 22.3. The highest BCUT2D eigenvalue weighted by molar-refractivity contribution is 5.79. The highest BCUT2D eigenvalue weighted by atomic mass is 19.4. The van der Waals surface area contributed by atoms with Crippen molar-refractivity contribution in [2.75, 3.05) is 46.6 Å². The second kappa shape index (κ2) is 11.8. The first-order valence-electron chi connectivity index (χ1n) is 9.43. The van der Waals surface area contributed by atoms with Gasteiger partial charge in [-0.3, -0.25) is 4.99 Å². The van der Waals surface area contributed by atoms with Crippen molar-refractivity contribution in [3.63, 3.8) is 0 Å². The zero-order chi connectivity index (χ0) is 20.2. The summed E-state index contributed by atoms with van der Waals surface area (Å²) in [6.45, 7) is 3.62. The molecule has 28 heavy (non-hydrogen) atoms.